The largest absolute Gasteiger partial charge is 0.465 e. The van der Waals surface area contributed by atoms with Crippen LogP contribution in [0.1, 0.15) is 40.8 Å². The summed E-state index contributed by atoms with van der Waals surface area (Å²) in [7, 11) is 0. The quantitative estimate of drug-likeness (QED) is 0.811. The fourth-order valence-corrected chi connectivity index (χ4v) is 3.96. The SMILES string of the molecule is Cc1ccc(C(CNC(=O)c2cccc(N3CCCC3=O)c2)N2CCOCC2)o1. The molecular formula is C22H27N3O4. The van der Waals surface area contributed by atoms with Crippen molar-refractivity contribution in [1.29, 1.82) is 0 Å². The fourth-order valence-electron chi connectivity index (χ4n) is 3.96. The van der Waals surface area contributed by atoms with Crippen LogP contribution in [-0.4, -0.2) is 56.1 Å². The zero-order valence-electron chi connectivity index (χ0n) is 16.7. The number of aryl methyl sites for hydroxylation is 1. The van der Waals surface area contributed by atoms with Gasteiger partial charge in [0.05, 0.1) is 19.3 Å². The van der Waals surface area contributed by atoms with Gasteiger partial charge in [0, 0.05) is 43.9 Å². The van der Waals surface area contributed by atoms with Crippen molar-refractivity contribution in [3.63, 3.8) is 0 Å². The number of morpholine rings is 1. The maximum Gasteiger partial charge on any atom is 0.251 e. The van der Waals surface area contributed by atoms with Gasteiger partial charge in [-0.1, -0.05) is 6.07 Å². The van der Waals surface area contributed by atoms with Gasteiger partial charge in [0.25, 0.3) is 5.91 Å². The summed E-state index contributed by atoms with van der Waals surface area (Å²) < 4.78 is 11.3. The van der Waals surface area contributed by atoms with E-state index in [1.165, 1.54) is 0 Å². The number of nitrogens with one attached hydrogen (secondary N) is 1. The molecule has 0 spiro atoms. The molecule has 1 atom stereocenters. The van der Waals surface area contributed by atoms with Gasteiger partial charge < -0.3 is 19.4 Å². The summed E-state index contributed by atoms with van der Waals surface area (Å²) in [5.74, 6) is 1.66. The smallest absolute Gasteiger partial charge is 0.251 e. The Bertz CT molecular complexity index is 872. The van der Waals surface area contributed by atoms with E-state index in [1.807, 2.05) is 31.2 Å². The van der Waals surface area contributed by atoms with Crippen molar-refractivity contribution in [2.45, 2.75) is 25.8 Å². The second-order valence-corrected chi connectivity index (χ2v) is 7.52. The molecule has 1 aromatic carbocycles. The molecule has 0 aliphatic carbocycles. The lowest BCUT2D eigenvalue weighted by molar-refractivity contribution is -0.117. The van der Waals surface area contributed by atoms with E-state index in [0.29, 0.717) is 38.3 Å². The number of rotatable bonds is 6. The highest BCUT2D eigenvalue weighted by Gasteiger charge is 2.26. The van der Waals surface area contributed by atoms with Gasteiger partial charge in [-0.2, -0.15) is 0 Å². The lowest BCUT2D eigenvalue weighted by atomic mass is 10.1. The first-order valence-corrected chi connectivity index (χ1v) is 10.2. The Kier molecular flexibility index (Phi) is 5.97. The average molecular weight is 397 g/mol. The first-order chi connectivity index (χ1) is 14.1. The molecule has 1 N–H and O–H groups in total. The van der Waals surface area contributed by atoms with E-state index >= 15 is 0 Å². The van der Waals surface area contributed by atoms with Crippen molar-refractivity contribution >= 4 is 17.5 Å². The first-order valence-electron chi connectivity index (χ1n) is 10.2. The van der Waals surface area contributed by atoms with Crippen molar-refractivity contribution in [2.75, 3.05) is 44.3 Å². The van der Waals surface area contributed by atoms with Crippen LogP contribution in [0.15, 0.2) is 40.8 Å². The van der Waals surface area contributed by atoms with Crippen LogP contribution in [0, 0.1) is 6.92 Å². The normalized spacial score (nSPS) is 18.8. The number of amides is 2. The zero-order chi connectivity index (χ0) is 20.2. The molecule has 0 bridgehead atoms. The molecule has 3 heterocycles. The molecule has 4 rings (SSSR count). The summed E-state index contributed by atoms with van der Waals surface area (Å²) in [6.45, 7) is 6.02. The van der Waals surface area contributed by atoms with Crippen LogP contribution in [0.4, 0.5) is 5.69 Å². The molecular weight excluding hydrogens is 370 g/mol. The number of furan rings is 1. The van der Waals surface area contributed by atoms with E-state index in [4.69, 9.17) is 9.15 Å². The molecule has 1 unspecified atom stereocenters. The van der Waals surface area contributed by atoms with Crippen LogP contribution in [-0.2, 0) is 9.53 Å². The standard InChI is InChI=1S/C22H27N3O4/c1-16-7-8-20(29-16)19(24-10-12-28-13-11-24)15-23-22(27)17-4-2-5-18(14-17)25-9-3-6-21(25)26/h2,4-5,7-8,14,19H,3,6,9-13,15H2,1H3,(H,23,27). The Morgan fingerprint density at radius 2 is 2.00 bits per heavy atom. The highest BCUT2D eigenvalue weighted by atomic mass is 16.5. The van der Waals surface area contributed by atoms with Crippen LogP contribution in [0.2, 0.25) is 0 Å². The van der Waals surface area contributed by atoms with E-state index in [1.54, 1.807) is 17.0 Å². The van der Waals surface area contributed by atoms with Gasteiger partial charge >= 0.3 is 0 Å². The number of ether oxygens (including phenoxy) is 1. The van der Waals surface area contributed by atoms with Crippen molar-refractivity contribution in [3.05, 3.63) is 53.5 Å². The molecule has 2 fully saturated rings. The summed E-state index contributed by atoms with van der Waals surface area (Å²) in [6, 6.07) is 11.1. The highest BCUT2D eigenvalue weighted by Crippen LogP contribution is 2.24. The van der Waals surface area contributed by atoms with Gasteiger partial charge in [-0.15, -0.1) is 0 Å². The summed E-state index contributed by atoms with van der Waals surface area (Å²) in [6.07, 6.45) is 1.43. The van der Waals surface area contributed by atoms with E-state index in [9.17, 15) is 9.59 Å². The minimum Gasteiger partial charge on any atom is -0.465 e. The maximum absolute atomic E-state index is 12.8. The Hall–Kier alpha value is -2.64. The lowest BCUT2D eigenvalue weighted by Gasteiger charge is -2.33. The van der Waals surface area contributed by atoms with E-state index in [2.05, 4.69) is 10.2 Å². The molecule has 154 valence electrons. The van der Waals surface area contributed by atoms with Crippen molar-refractivity contribution < 1.29 is 18.7 Å². The molecule has 2 saturated heterocycles. The predicted octanol–water partition coefficient (Wildman–Crippen LogP) is 2.52. The van der Waals surface area contributed by atoms with Gasteiger partial charge in [0.15, 0.2) is 0 Å². The van der Waals surface area contributed by atoms with Gasteiger partial charge in [-0.25, -0.2) is 0 Å². The summed E-state index contributed by atoms with van der Waals surface area (Å²) in [4.78, 5) is 28.9. The molecule has 2 aromatic rings. The number of nitrogens with zero attached hydrogens (tertiary/aromatic N) is 2. The third-order valence-corrected chi connectivity index (χ3v) is 5.53. The average Bonchev–Trinajstić information content (AvgIpc) is 3.37. The molecule has 0 radical (unpaired) electrons. The van der Waals surface area contributed by atoms with E-state index in [-0.39, 0.29) is 17.9 Å². The van der Waals surface area contributed by atoms with Gasteiger partial charge in [0.2, 0.25) is 5.91 Å². The number of carbonyl (C=O) groups is 2. The monoisotopic (exact) mass is 397 g/mol. The minimum atomic E-state index is -0.153. The van der Waals surface area contributed by atoms with Crippen LogP contribution >= 0.6 is 0 Å². The minimum absolute atomic E-state index is 0.0418. The lowest BCUT2D eigenvalue weighted by Crippen LogP contribution is -2.43. The Balaban J connectivity index is 1.46. The van der Waals surface area contributed by atoms with Crippen LogP contribution in [0.5, 0.6) is 0 Å². The highest BCUT2D eigenvalue weighted by molar-refractivity contribution is 5.99. The maximum atomic E-state index is 12.8. The third-order valence-electron chi connectivity index (χ3n) is 5.53. The second kappa shape index (κ2) is 8.80. The molecule has 7 heteroatoms. The Morgan fingerprint density at radius 3 is 2.69 bits per heavy atom. The summed E-state index contributed by atoms with van der Waals surface area (Å²) in [5, 5.41) is 3.05. The summed E-state index contributed by atoms with van der Waals surface area (Å²) >= 11 is 0. The van der Waals surface area contributed by atoms with Crippen molar-refractivity contribution in [3.8, 4) is 0 Å². The molecule has 7 nitrogen and oxygen atoms in total. The number of benzene rings is 1. The number of hydrogen-bond donors (Lipinski definition) is 1. The topological polar surface area (TPSA) is 75.0 Å². The van der Waals surface area contributed by atoms with Gasteiger partial charge in [-0.05, 0) is 43.7 Å². The molecule has 2 aliphatic heterocycles. The molecule has 2 aliphatic rings. The first kappa shape index (κ1) is 19.7. The van der Waals surface area contributed by atoms with Gasteiger partial charge in [0.1, 0.15) is 11.5 Å². The zero-order valence-corrected chi connectivity index (χ0v) is 16.7. The number of carbonyl (C=O) groups excluding carboxylic acids is 2. The van der Waals surface area contributed by atoms with Crippen molar-refractivity contribution in [2.24, 2.45) is 0 Å². The fraction of sp³-hybridized carbons (Fsp3) is 0.455. The molecule has 0 saturated carbocycles. The van der Waals surface area contributed by atoms with Crippen LogP contribution in [0.25, 0.3) is 0 Å². The van der Waals surface area contributed by atoms with Crippen LogP contribution < -0.4 is 10.2 Å². The molecule has 2 amide bonds. The number of hydrogen-bond acceptors (Lipinski definition) is 5. The van der Waals surface area contributed by atoms with E-state index in [0.717, 1.165) is 36.7 Å². The Labute approximate surface area is 170 Å². The summed E-state index contributed by atoms with van der Waals surface area (Å²) in [5.41, 5.74) is 1.34. The third kappa shape index (κ3) is 4.52. The molecule has 1 aromatic heterocycles. The number of anilines is 1. The Morgan fingerprint density at radius 1 is 1.17 bits per heavy atom. The second-order valence-electron chi connectivity index (χ2n) is 7.52. The van der Waals surface area contributed by atoms with Crippen LogP contribution in [0.3, 0.4) is 0 Å². The van der Waals surface area contributed by atoms with Crippen molar-refractivity contribution in [1.82, 2.24) is 10.2 Å². The predicted molar refractivity (Wildman–Crippen MR) is 109 cm³/mol. The van der Waals surface area contributed by atoms with E-state index < -0.39 is 0 Å². The van der Waals surface area contributed by atoms with Gasteiger partial charge in [-0.3, -0.25) is 14.5 Å². The molecule has 29 heavy (non-hydrogen) atoms.